The van der Waals surface area contributed by atoms with Crippen LogP contribution in [0.3, 0.4) is 0 Å². The minimum Gasteiger partial charge on any atom is -0.344 e. The Hall–Kier alpha value is -2.62. The third kappa shape index (κ3) is 3.00. The summed E-state index contributed by atoms with van der Waals surface area (Å²) >= 11 is 0. The van der Waals surface area contributed by atoms with E-state index in [0.717, 1.165) is 11.4 Å². The molecule has 0 radical (unpaired) electrons. The fourth-order valence-corrected chi connectivity index (χ4v) is 4.12. The summed E-state index contributed by atoms with van der Waals surface area (Å²) in [6.45, 7) is 0. The highest BCUT2D eigenvalue weighted by atomic mass is 15.2. The first kappa shape index (κ1) is 15.6. The molecule has 3 aromatic rings. The zero-order chi connectivity index (χ0) is 17.5. The van der Waals surface area contributed by atoms with E-state index < -0.39 is 0 Å². The SMILES string of the molecule is Cn1cc(-c2ccc3cnc(NC(=C4CC4)C4CCCC4)cc3c2)cn1. The molecule has 2 heterocycles. The van der Waals surface area contributed by atoms with Crippen LogP contribution in [-0.2, 0) is 7.05 Å². The summed E-state index contributed by atoms with van der Waals surface area (Å²) in [7, 11) is 1.95. The number of nitrogens with one attached hydrogen (secondary N) is 1. The second-order valence-corrected chi connectivity index (χ2v) is 7.66. The van der Waals surface area contributed by atoms with Crippen molar-refractivity contribution < 1.29 is 0 Å². The Bertz CT molecular complexity index is 986. The minimum atomic E-state index is 0.715. The van der Waals surface area contributed by atoms with Gasteiger partial charge in [0.1, 0.15) is 5.82 Å². The molecule has 0 bridgehead atoms. The van der Waals surface area contributed by atoms with Crippen LogP contribution in [0.4, 0.5) is 5.82 Å². The molecule has 2 fully saturated rings. The number of hydrogen-bond acceptors (Lipinski definition) is 3. The van der Waals surface area contributed by atoms with E-state index in [4.69, 9.17) is 0 Å². The fourth-order valence-electron chi connectivity index (χ4n) is 4.12. The lowest BCUT2D eigenvalue weighted by Crippen LogP contribution is -2.10. The van der Waals surface area contributed by atoms with Crippen LogP contribution >= 0.6 is 0 Å². The number of fused-ring (bicyclic) bond motifs is 1. The van der Waals surface area contributed by atoms with Crippen molar-refractivity contribution in [1.82, 2.24) is 14.8 Å². The molecular formula is C22H24N4. The first-order chi connectivity index (χ1) is 12.8. The molecule has 0 aliphatic heterocycles. The summed E-state index contributed by atoms with van der Waals surface area (Å²) in [5.74, 6) is 1.69. The molecule has 5 rings (SSSR count). The fraction of sp³-hybridized carbons (Fsp3) is 0.364. The van der Waals surface area contributed by atoms with E-state index in [1.54, 1.807) is 5.57 Å². The summed E-state index contributed by atoms with van der Waals surface area (Å²) in [6.07, 6.45) is 13.8. The zero-order valence-corrected chi connectivity index (χ0v) is 15.2. The predicted octanol–water partition coefficient (Wildman–Crippen LogP) is 5.29. The van der Waals surface area contributed by atoms with E-state index in [0.29, 0.717) is 5.92 Å². The normalized spacial score (nSPS) is 17.0. The van der Waals surface area contributed by atoms with Crippen LogP contribution in [0.25, 0.3) is 21.9 Å². The van der Waals surface area contributed by atoms with Crippen LogP contribution in [0, 0.1) is 5.92 Å². The Morgan fingerprint density at radius 2 is 1.88 bits per heavy atom. The van der Waals surface area contributed by atoms with Crippen LogP contribution in [-0.4, -0.2) is 14.8 Å². The molecule has 4 heteroatoms. The topological polar surface area (TPSA) is 42.7 Å². The molecule has 1 aromatic carbocycles. The molecule has 0 saturated heterocycles. The first-order valence-corrected chi connectivity index (χ1v) is 9.64. The molecule has 1 N–H and O–H groups in total. The van der Waals surface area contributed by atoms with Gasteiger partial charge in [-0.25, -0.2) is 4.98 Å². The lowest BCUT2D eigenvalue weighted by molar-refractivity contribution is 0.643. The van der Waals surface area contributed by atoms with Crippen LogP contribution in [0.1, 0.15) is 38.5 Å². The van der Waals surface area contributed by atoms with Crippen molar-refractivity contribution in [2.75, 3.05) is 5.32 Å². The van der Waals surface area contributed by atoms with Gasteiger partial charge in [0.15, 0.2) is 0 Å². The lowest BCUT2D eigenvalue weighted by atomic mass is 10.0. The largest absolute Gasteiger partial charge is 0.344 e. The molecule has 26 heavy (non-hydrogen) atoms. The number of anilines is 1. The summed E-state index contributed by atoms with van der Waals surface area (Å²) in [5.41, 5.74) is 5.42. The number of allylic oxidation sites excluding steroid dienone is 2. The number of hydrogen-bond donors (Lipinski definition) is 1. The third-order valence-corrected chi connectivity index (χ3v) is 5.67. The molecule has 0 spiro atoms. The third-order valence-electron chi connectivity index (χ3n) is 5.67. The maximum Gasteiger partial charge on any atom is 0.130 e. The summed E-state index contributed by atoms with van der Waals surface area (Å²) < 4.78 is 1.84. The Labute approximate surface area is 153 Å². The Kier molecular flexibility index (Phi) is 3.77. The van der Waals surface area contributed by atoms with Crippen molar-refractivity contribution in [2.24, 2.45) is 13.0 Å². The molecule has 0 atom stereocenters. The highest BCUT2D eigenvalue weighted by molar-refractivity contribution is 5.88. The van der Waals surface area contributed by atoms with Gasteiger partial charge in [-0.05, 0) is 60.3 Å². The molecule has 0 unspecified atom stereocenters. The maximum absolute atomic E-state index is 4.67. The second kappa shape index (κ2) is 6.27. The molecule has 132 valence electrons. The van der Waals surface area contributed by atoms with Crippen molar-refractivity contribution in [3.05, 3.63) is 54.1 Å². The van der Waals surface area contributed by atoms with Gasteiger partial charge in [-0.1, -0.05) is 25.0 Å². The van der Waals surface area contributed by atoms with Crippen LogP contribution in [0.2, 0.25) is 0 Å². The number of aromatic nitrogens is 3. The number of pyridine rings is 1. The molecule has 2 saturated carbocycles. The first-order valence-electron chi connectivity index (χ1n) is 9.64. The van der Waals surface area contributed by atoms with E-state index in [1.165, 1.54) is 60.6 Å². The second-order valence-electron chi connectivity index (χ2n) is 7.66. The number of rotatable bonds is 4. The molecular weight excluding hydrogens is 320 g/mol. The number of benzene rings is 1. The van der Waals surface area contributed by atoms with E-state index in [9.17, 15) is 0 Å². The Balaban J connectivity index is 1.47. The van der Waals surface area contributed by atoms with Crippen LogP contribution in [0.15, 0.2) is 54.1 Å². The highest BCUT2D eigenvalue weighted by Crippen LogP contribution is 2.41. The standard InChI is InChI=1S/C22H24N4/c1-26-14-20(13-24-26)17-8-9-18-12-23-21(11-19(18)10-17)25-22(16-6-7-16)15-4-2-3-5-15/h8-15H,2-7H2,1H3,(H,23,25). The van der Waals surface area contributed by atoms with Gasteiger partial charge in [0.25, 0.3) is 0 Å². The molecule has 0 amide bonds. The van der Waals surface area contributed by atoms with E-state index in [1.807, 2.05) is 24.1 Å². The lowest BCUT2D eigenvalue weighted by Gasteiger charge is -2.17. The quantitative estimate of drug-likeness (QED) is 0.700. The Morgan fingerprint density at radius 1 is 1.04 bits per heavy atom. The predicted molar refractivity (Wildman–Crippen MR) is 106 cm³/mol. The molecule has 2 aliphatic rings. The van der Waals surface area contributed by atoms with Crippen molar-refractivity contribution in [2.45, 2.75) is 38.5 Å². The van der Waals surface area contributed by atoms with Crippen molar-refractivity contribution in [1.29, 1.82) is 0 Å². The average Bonchev–Trinajstić information content (AvgIpc) is 3.16. The van der Waals surface area contributed by atoms with Gasteiger partial charge in [0, 0.05) is 36.1 Å². The monoisotopic (exact) mass is 344 g/mol. The summed E-state index contributed by atoms with van der Waals surface area (Å²) in [4.78, 5) is 4.67. The molecule has 4 nitrogen and oxygen atoms in total. The van der Waals surface area contributed by atoms with E-state index in [-0.39, 0.29) is 0 Å². The van der Waals surface area contributed by atoms with Gasteiger partial charge in [0.2, 0.25) is 0 Å². The maximum atomic E-state index is 4.67. The van der Waals surface area contributed by atoms with Gasteiger partial charge in [-0.15, -0.1) is 0 Å². The molecule has 2 aliphatic carbocycles. The summed E-state index contributed by atoms with van der Waals surface area (Å²) in [6, 6.07) is 8.71. The minimum absolute atomic E-state index is 0.715. The van der Waals surface area contributed by atoms with Gasteiger partial charge in [0.05, 0.1) is 6.20 Å². The number of aryl methyl sites for hydroxylation is 1. The Morgan fingerprint density at radius 3 is 2.62 bits per heavy atom. The molecule has 2 aromatic heterocycles. The van der Waals surface area contributed by atoms with Gasteiger partial charge in [-0.2, -0.15) is 5.10 Å². The van der Waals surface area contributed by atoms with Crippen LogP contribution < -0.4 is 5.32 Å². The van der Waals surface area contributed by atoms with Gasteiger partial charge >= 0.3 is 0 Å². The zero-order valence-electron chi connectivity index (χ0n) is 15.2. The van der Waals surface area contributed by atoms with Gasteiger partial charge < -0.3 is 5.32 Å². The van der Waals surface area contributed by atoms with Crippen molar-refractivity contribution in [3.8, 4) is 11.1 Å². The van der Waals surface area contributed by atoms with E-state index >= 15 is 0 Å². The average molecular weight is 344 g/mol. The van der Waals surface area contributed by atoms with Gasteiger partial charge in [-0.3, -0.25) is 4.68 Å². The smallest absolute Gasteiger partial charge is 0.130 e. The highest BCUT2D eigenvalue weighted by Gasteiger charge is 2.27. The summed E-state index contributed by atoms with van der Waals surface area (Å²) in [5, 5.41) is 10.4. The van der Waals surface area contributed by atoms with Crippen molar-refractivity contribution >= 4 is 16.6 Å². The van der Waals surface area contributed by atoms with Crippen molar-refractivity contribution in [3.63, 3.8) is 0 Å². The van der Waals surface area contributed by atoms with Crippen LogP contribution in [0.5, 0.6) is 0 Å². The number of nitrogens with zero attached hydrogens (tertiary/aromatic N) is 3. The van der Waals surface area contributed by atoms with E-state index in [2.05, 4.69) is 45.9 Å².